The predicted octanol–water partition coefficient (Wildman–Crippen LogP) is 0.405. The quantitative estimate of drug-likeness (QED) is 0.704. The minimum Gasteiger partial charge on any atom is -0.480 e. The molecule has 0 aromatic heterocycles. The SMILES string of the molecule is O=C(O)CNC(=O)c1ccc(NS(=O)(=O)C2CC2)cc1. The van der Waals surface area contributed by atoms with Gasteiger partial charge < -0.3 is 10.4 Å². The first-order chi connectivity index (χ1) is 9.38. The van der Waals surface area contributed by atoms with Crippen LogP contribution in [0.5, 0.6) is 0 Å². The van der Waals surface area contributed by atoms with Crippen molar-refractivity contribution in [2.45, 2.75) is 18.1 Å². The van der Waals surface area contributed by atoms with Crippen LogP contribution in [0.15, 0.2) is 24.3 Å². The first kappa shape index (κ1) is 14.3. The Morgan fingerprint density at radius 3 is 2.30 bits per heavy atom. The zero-order valence-corrected chi connectivity index (χ0v) is 11.3. The molecule has 1 aliphatic carbocycles. The van der Waals surface area contributed by atoms with Gasteiger partial charge >= 0.3 is 5.97 Å². The summed E-state index contributed by atoms with van der Waals surface area (Å²) >= 11 is 0. The molecule has 0 bridgehead atoms. The number of carbonyl (C=O) groups is 2. The van der Waals surface area contributed by atoms with E-state index in [1.165, 1.54) is 24.3 Å². The van der Waals surface area contributed by atoms with Gasteiger partial charge in [-0.25, -0.2) is 8.42 Å². The summed E-state index contributed by atoms with van der Waals surface area (Å²) in [6, 6.07) is 5.80. The molecule has 0 spiro atoms. The average Bonchev–Trinajstić information content (AvgIpc) is 3.21. The lowest BCUT2D eigenvalue weighted by molar-refractivity contribution is -0.135. The lowest BCUT2D eigenvalue weighted by Gasteiger charge is -2.07. The van der Waals surface area contributed by atoms with E-state index in [1.807, 2.05) is 0 Å². The van der Waals surface area contributed by atoms with Crippen molar-refractivity contribution < 1.29 is 23.1 Å². The summed E-state index contributed by atoms with van der Waals surface area (Å²) in [6.07, 6.45) is 1.34. The first-order valence-electron chi connectivity index (χ1n) is 6.00. The highest BCUT2D eigenvalue weighted by Gasteiger charge is 2.35. The van der Waals surface area contributed by atoms with Crippen LogP contribution in [0.4, 0.5) is 5.69 Å². The summed E-state index contributed by atoms with van der Waals surface area (Å²) in [7, 11) is -3.32. The molecule has 0 atom stereocenters. The van der Waals surface area contributed by atoms with Gasteiger partial charge in [-0.15, -0.1) is 0 Å². The Kier molecular flexibility index (Phi) is 3.93. The summed E-state index contributed by atoms with van der Waals surface area (Å²) in [5, 5.41) is 10.3. The Hall–Kier alpha value is -2.09. The number of carbonyl (C=O) groups excluding carboxylic acids is 1. The number of aliphatic carboxylic acids is 1. The molecule has 1 aliphatic rings. The van der Waals surface area contributed by atoms with E-state index in [2.05, 4.69) is 10.0 Å². The van der Waals surface area contributed by atoms with Crippen molar-refractivity contribution in [2.75, 3.05) is 11.3 Å². The molecular weight excluding hydrogens is 284 g/mol. The maximum atomic E-state index is 11.7. The van der Waals surface area contributed by atoms with Crippen molar-refractivity contribution in [3.05, 3.63) is 29.8 Å². The number of hydrogen-bond donors (Lipinski definition) is 3. The van der Waals surface area contributed by atoms with Crippen LogP contribution in [0.3, 0.4) is 0 Å². The number of benzene rings is 1. The van der Waals surface area contributed by atoms with Crippen molar-refractivity contribution in [1.29, 1.82) is 0 Å². The molecule has 20 heavy (non-hydrogen) atoms. The van der Waals surface area contributed by atoms with E-state index in [0.717, 1.165) is 0 Å². The zero-order valence-electron chi connectivity index (χ0n) is 10.5. The van der Waals surface area contributed by atoms with E-state index in [0.29, 0.717) is 18.5 Å². The predicted molar refractivity (Wildman–Crippen MR) is 72.0 cm³/mol. The highest BCUT2D eigenvalue weighted by Crippen LogP contribution is 2.29. The van der Waals surface area contributed by atoms with E-state index in [4.69, 9.17) is 5.11 Å². The van der Waals surface area contributed by atoms with E-state index in [9.17, 15) is 18.0 Å². The molecule has 7 nitrogen and oxygen atoms in total. The molecule has 2 rings (SSSR count). The summed E-state index contributed by atoms with van der Waals surface area (Å²) in [6.45, 7) is -0.463. The fourth-order valence-electron chi connectivity index (χ4n) is 1.57. The highest BCUT2D eigenvalue weighted by molar-refractivity contribution is 7.93. The van der Waals surface area contributed by atoms with Gasteiger partial charge in [0.25, 0.3) is 5.91 Å². The van der Waals surface area contributed by atoms with Crippen LogP contribution >= 0.6 is 0 Å². The van der Waals surface area contributed by atoms with Crippen LogP contribution in [0.25, 0.3) is 0 Å². The maximum absolute atomic E-state index is 11.7. The number of anilines is 1. The van der Waals surface area contributed by atoms with Crippen LogP contribution in [-0.2, 0) is 14.8 Å². The van der Waals surface area contributed by atoms with Crippen LogP contribution in [0, 0.1) is 0 Å². The van der Waals surface area contributed by atoms with Gasteiger partial charge in [0.15, 0.2) is 0 Å². The van der Waals surface area contributed by atoms with Crippen molar-refractivity contribution in [3.63, 3.8) is 0 Å². The molecule has 1 amide bonds. The van der Waals surface area contributed by atoms with Gasteiger partial charge in [-0.2, -0.15) is 0 Å². The number of carboxylic acid groups (broad SMARTS) is 1. The molecule has 0 aliphatic heterocycles. The van der Waals surface area contributed by atoms with Crippen molar-refractivity contribution in [3.8, 4) is 0 Å². The Bertz CT molecular complexity index is 620. The molecule has 108 valence electrons. The van der Waals surface area contributed by atoms with Crippen molar-refractivity contribution >= 4 is 27.6 Å². The summed E-state index contributed by atoms with van der Waals surface area (Å²) in [4.78, 5) is 21.9. The second-order valence-electron chi connectivity index (χ2n) is 4.50. The summed E-state index contributed by atoms with van der Waals surface area (Å²) < 4.78 is 25.8. The van der Waals surface area contributed by atoms with E-state index in [1.54, 1.807) is 0 Å². The Morgan fingerprint density at radius 1 is 1.20 bits per heavy atom. The van der Waals surface area contributed by atoms with E-state index < -0.39 is 28.4 Å². The summed E-state index contributed by atoms with van der Waals surface area (Å²) in [5.74, 6) is -1.66. The third kappa shape index (κ3) is 3.70. The van der Waals surface area contributed by atoms with Gasteiger partial charge in [0.1, 0.15) is 6.54 Å². The second kappa shape index (κ2) is 5.49. The molecular formula is C12H14N2O5S. The lowest BCUT2D eigenvalue weighted by Crippen LogP contribution is -2.29. The third-order valence-corrected chi connectivity index (χ3v) is 4.64. The Morgan fingerprint density at radius 2 is 1.80 bits per heavy atom. The number of sulfonamides is 1. The van der Waals surface area contributed by atoms with Gasteiger partial charge in [0.05, 0.1) is 5.25 Å². The van der Waals surface area contributed by atoms with Crippen LogP contribution in [0.1, 0.15) is 23.2 Å². The Balaban J connectivity index is 1.99. The van der Waals surface area contributed by atoms with Gasteiger partial charge in [-0.05, 0) is 37.1 Å². The molecule has 0 saturated heterocycles. The molecule has 1 aromatic rings. The highest BCUT2D eigenvalue weighted by atomic mass is 32.2. The van der Waals surface area contributed by atoms with E-state index >= 15 is 0 Å². The average molecular weight is 298 g/mol. The van der Waals surface area contributed by atoms with Crippen LogP contribution in [-0.4, -0.2) is 37.2 Å². The molecule has 1 aromatic carbocycles. The maximum Gasteiger partial charge on any atom is 0.322 e. The third-order valence-electron chi connectivity index (χ3n) is 2.77. The largest absolute Gasteiger partial charge is 0.480 e. The van der Waals surface area contributed by atoms with Crippen LogP contribution in [0.2, 0.25) is 0 Å². The summed E-state index contributed by atoms with van der Waals surface area (Å²) in [5.41, 5.74) is 0.646. The van der Waals surface area contributed by atoms with Gasteiger partial charge in [0, 0.05) is 11.3 Å². The topological polar surface area (TPSA) is 113 Å². The van der Waals surface area contributed by atoms with Crippen LogP contribution < -0.4 is 10.0 Å². The number of nitrogens with one attached hydrogen (secondary N) is 2. The standard InChI is InChI=1S/C12H14N2O5S/c15-11(16)7-13-12(17)8-1-3-9(4-2-8)14-20(18,19)10-5-6-10/h1-4,10,14H,5-7H2,(H,13,17)(H,15,16). The molecule has 1 saturated carbocycles. The van der Waals surface area contributed by atoms with Crippen molar-refractivity contribution in [2.24, 2.45) is 0 Å². The number of rotatable bonds is 6. The molecule has 3 N–H and O–H groups in total. The fraction of sp³-hybridized carbons (Fsp3) is 0.333. The monoisotopic (exact) mass is 298 g/mol. The zero-order chi connectivity index (χ0) is 14.8. The molecule has 0 heterocycles. The minimum absolute atomic E-state index is 0.264. The minimum atomic E-state index is -3.32. The Labute approximate surface area is 116 Å². The second-order valence-corrected chi connectivity index (χ2v) is 6.46. The lowest BCUT2D eigenvalue weighted by atomic mass is 10.2. The molecule has 1 fully saturated rings. The van der Waals surface area contributed by atoms with Gasteiger partial charge in [-0.1, -0.05) is 0 Å². The number of carboxylic acids is 1. The molecule has 0 unspecified atom stereocenters. The number of hydrogen-bond acceptors (Lipinski definition) is 4. The van der Waals surface area contributed by atoms with E-state index in [-0.39, 0.29) is 10.8 Å². The normalized spacial score (nSPS) is 14.6. The molecule has 8 heteroatoms. The van der Waals surface area contributed by atoms with Crippen molar-refractivity contribution in [1.82, 2.24) is 5.32 Å². The van der Waals surface area contributed by atoms with Gasteiger partial charge in [0.2, 0.25) is 10.0 Å². The van der Waals surface area contributed by atoms with Gasteiger partial charge in [-0.3, -0.25) is 14.3 Å². The fourth-order valence-corrected chi connectivity index (χ4v) is 2.96. The smallest absolute Gasteiger partial charge is 0.322 e. The number of amides is 1. The first-order valence-corrected chi connectivity index (χ1v) is 7.55. The molecule has 0 radical (unpaired) electrons.